The smallest absolute Gasteiger partial charge is 0.239 e. The molecule has 0 aliphatic carbocycles. The Morgan fingerprint density at radius 1 is 1.42 bits per heavy atom. The van der Waals surface area contributed by atoms with Crippen LogP contribution in [-0.4, -0.2) is 32.3 Å². The van der Waals surface area contributed by atoms with Gasteiger partial charge in [-0.15, -0.1) is 0 Å². The second-order valence-corrected chi connectivity index (χ2v) is 4.26. The van der Waals surface area contributed by atoms with Gasteiger partial charge in [-0.3, -0.25) is 4.79 Å². The van der Waals surface area contributed by atoms with E-state index in [4.69, 9.17) is 15.2 Å². The van der Waals surface area contributed by atoms with Gasteiger partial charge in [0.05, 0.1) is 19.3 Å². The molecule has 3 N–H and O–H groups in total. The Morgan fingerprint density at radius 2 is 2.11 bits per heavy atom. The molecule has 5 heteroatoms. The van der Waals surface area contributed by atoms with Crippen LogP contribution in [0.2, 0.25) is 0 Å². The van der Waals surface area contributed by atoms with Gasteiger partial charge in [-0.1, -0.05) is 18.2 Å². The van der Waals surface area contributed by atoms with Crippen LogP contribution in [0.3, 0.4) is 0 Å². The first-order valence-corrected chi connectivity index (χ1v) is 6.36. The summed E-state index contributed by atoms with van der Waals surface area (Å²) in [7, 11) is 1.51. The summed E-state index contributed by atoms with van der Waals surface area (Å²) in [6.45, 7) is 4.61. The van der Waals surface area contributed by atoms with Crippen molar-refractivity contribution in [2.75, 3.05) is 20.3 Å². The van der Waals surface area contributed by atoms with Crippen LogP contribution in [0.15, 0.2) is 24.3 Å². The number of nitrogens with one attached hydrogen (secondary N) is 1. The molecule has 0 saturated heterocycles. The first-order chi connectivity index (χ1) is 9.10. The van der Waals surface area contributed by atoms with Crippen LogP contribution in [-0.2, 0) is 9.53 Å². The van der Waals surface area contributed by atoms with Gasteiger partial charge in [-0.2, -0.15) is 0 Å². The van der Waals surface area contributed by atoms with E-state index in [1.165, 1.54) is 7.11 Å². The van der Waals surface area contributed by atoms with E-state index in [2.05, 4.69) is 5.32 Å². The molecule has 1 amide bonds. The maximum absolute atomic E-state index is 11.8. The molecule has 0 heterocycles. The van der Waals surface area contributed by atoms with Crippen molar-refractivity contribution < 1.29 is 14.3 Å². The molecule has 0 aromatic heterocycles. The molecule has 2 unspecified atom stereocenters. The van der Waals surface area contributed by atoms with Gasteiger partial charge >= 0.3 is 0 Å². The minimum Gasteiger partial charge on any atom is -0.494 e. The highest BCUT2D eigenvalue weighted by Gasteiger charge is 2.18. The number of ether oxygens (including phenoxy) is 2. The van der Waals surface area contributed by atoms with Crippen LogP contribution in [0, 0.1) is 0 Å². The summed E-state index contributed by atoms with van der Waals surface area (Å²) in [4.78, 5) is 11.8. The monoisotopic (exact) mass is 266 g/mol. The zero-order chi connectivity index (χ0) is 14.3. The first-order valence-electron chi connectivity index (χ1n) is 6.36. The lowest BCUT2D eigenvalue weighted by molar-refractivity contribution is -0.124. The predicted molar refractivity (Wildman–Crippen MR) is 74.0 cm³/mol. The number of carbonyl (C=O) groups excluding carboxylic acids is 1. The predicted octanol–water partition coefficient (Wildman–Crippen LogP) is 1.24. The fourth-order valence-corrected chi connectivity index (χ4v) is 1.78. The number of carbonyl (C=O) groups is 1. The third kappa shape index (κ3) is 4.54. The topological polar surface area (TPSA) is 73.6 Å². The molecule has 106 valence electrons. The minimum absolute atomic E-state index is 0.168. The number of hydrogen-bond donors (Lipinski definition) is 2. The van der Waals surface area contributed by atoms with Crippen LogP contribution >= 0.6 is 0 Å². The summed E-state index contributed by atoms with van der Waals surface area (Å²) >= 11 is 0. The molecule has 2 atom stereocenters. The average molecular weight is 266 g/mol. The van der Waals surface area contributed by atoms with E-state index in [0.717, 1.165) is 11.3 Å². The first kappa shape index (κ1) is 15.5. The van der Waals surface area contributed by atoms with Crippen molar-refractivity contribution in [2.24, 2.45) is 5.73 Å². The molecule has 0 bridgehead atoms. The summed E-state index contributed by atoms with van der Waals surface area (Å²) in [6.07, 6.45) is 0. The van der Waals surface area contributed by atoms with Crippen molar-refractivity contribution in [1.82, 2.24) is 5.32 Å². The van der Waals surface area contributed by atoms with Crippen LogP contribution < -0.4 is 15.8 Å². The molecule has 1 aromatic carbocycles. The largest absolute Gasteiger partial charge is 0.494 e. The quantitative estimate of drug-likeness (QED) is 0.778. The van der Waals surface area contributed by atoms with Gasteiger partial charge in [-0.25, -0.2) is 0 Å². The van der Waals surface area contributed by atoms with Gasteiger partial charge < -0.3 is 20.5 Å². The summed E-state index contributed by atoms with van der Waals surface area (Å²) in [6, 6.07) is 6.80. The zero-order valence-electron chi connectivity index (χ0n) is 11.7. The molecule has 0 fully saturated rings. The van der Waals surface area contributed by atoms with Gasteiger partial charge in [-0.05, 0) is 19.9 Å². The van der Waals surface area contributed by atoms with Gasteiger partial charge in [0.2, 0.25) is 5.91 Å². The number of hydrogen-bond acceptors (Lipinski definition) is 4. The highest BCUT2D eigenvalue weighted by atomic mass is 16.5. The number of methoxy groups -OCH3 is 1. The molecule has 0 spiro atoms. The van der Waals surface area contributed by atoms with Crippen molar-refractivity contribution in [3.05, 3.63) is 29.8 Å². The van der Waals surface area contributed by atoms with E-state index in [9.17, 15) is 4.79 Å². The third-order valence-corrected chi connectivity index (χ3v) is 2.73. The Kier molecular flexibility index (Phi) is 6.32. The van der Waals surface area contributed by atoms with Crippen molar-refractivity contribution >= 4 is 5.91 Å². The van der Waals surface area contributed by atoms with Gasteiger partial charge in [0.25, 0.3) is 0 Å². The Bertz CT molecular complexity index is 409. The fourth-order valence-electron chi connectivity index (χ4n) is 1.78. The lowest BCUT2D eigenvalue weighted by atomic mass is 10.1. The summed E-state index contributed by atoms with van der Waals surface area (Å²) < 4.78 is 10.4. The molecule has 0 radical (unpaired) electrons. The maximum atomic E-state index is 11.8. The Morgan fingerprint density at radius 3 is 2.74 bits per heavy atom. The number of nitrogens with two attached hydrogens (primary N) is 1. The third-order valence-electron chi connectivity index (χ3n) is 2.73. The second-order valence-electron chi connectivity index (χ2n) is 4.26. The van der Waals surface area contributed by atoms with E-state index in [1.807, 2.05) is 38.1 Å². The number of benzene rings is 1. The minimum atomic E-state index is -0.660. The van der Waals surface area contributed by atoms with Gasteiger partial charge in [0, 0.05) is 12.7 Å². The molecule has 0 aliphatic rings. The molecule has 0 saturated carbocycles. The normalized spacial score (nSPS) is 13.7. The van der Waals surface area contributed by atoms with E-state index >= 15 is 0 Å². The number of para-hydroxylation sites is 1. The van der Waals surface area contributed by atoms with E-state index in [-0.39, 0.29) is 18.6 Å². The van der Waals surface area contributed by atoms with E-state index < -0.39 is 6.04 Å². The summed E-state index contributed by atoms with van der Waals surface area (Å²) in [5.74, 6) is 0.541. The van der Waals surface area contributed by atoms with E-state index in [1.54, 1.807) is 0 Å². The molecule has 5 nitrogen and oxygen atoms in total. The number of rotatable bonds is 7. The highest BCUT2D eigenvalue weighted by molar-refractivity contribution is 5.82. The standard InChI is InChI=1S/C14H22N2O3/c1-4-19-13-8-6-5-7-11(13)10(2)16-14(17)12(15)9-18-3/h5-8,10,12H,4,9,15H2,1-3H3,(H,16,17). The maximum Gasteiger partial charge on any atom is 0.239 e. The van der Waals surface area contributed by atoms with Gasteiger partial charge in [0.1, 0.15) is 11.8 Å². The van der Waals surface area contributed by atoms with Gasteiger partial charge in [0.15, 0.2) is 0 Å². The fraction of sp³-hybridized carbons (Fsp3) is 0.500. The summed E-state index contributed by atoms with van der Waals surface area (Å²) in [5, 5.41) is 2.86. The average Bonchev–Trinajstić information content (AvgIpc) is 2.39. The molecular formula is C14H22N2O3. The lowest BCUT2D eigenvalue weighted by Gasteiger charge is -2.19. The SMILES string of the molecule is CCOc1ccccc1C(C)NC(=O)C(N)COC. The van der Waals surface area contributed by atoms with Crippen LogP contribution in [0.5, 0.6) is 5.75 Å². The highest BCUT2D eigenvalue weighted by Crippen LogP contribution is 2.24. The zero-order valence-corrected chi connectivity index (χ0v) is 11.7. The van der Waals surface area contributed by atoms with Crippen molar-refractivity contribution in [2.45, 2.75) is 25.9 Å². The van der Waals surface area contributed by atoms with Crippen LogP contribution in [0.4, 0.5) is 0 Å². The van der Waals surface area contributed by atoms with Crippen LogP contribution in [0.25, 0.3) is 0 Å². The lowest BCUT2D eigenvalue weighted by Crippen LogP contribution is -2.44. The molecule has 19 heavy (non-hydrogen) atoms. The van der Waals surface area contributed by atoms with Crippen LogP contribution in [0.1, 0.15) is 25.5 Å². The molecular weight excluding hydrogens is 244 g/mol. The van der Waals surface area contributed by atoms with E-state index in [0.29, 0.717) is 6.61 Å². The summed E-state index contributed by atoms with van der Waals surface area (Å²) in [5.41, 5.74) is 6.62. The Labute approximate surface area is 114 Å². The Balaban J connectivity index is 2.72. The second kappa shape index (κ2) is 7.76. The molecule has 0 aliphatic heterocycles. The van der Waals surface area contributed by atoms with Crippen molar-refractivity contribution in [3.8, 4) is 5.75 Å². The Hall–Kier alpha value is -1.59. The number of amides is 1. The van der Waals surface area contributed by atoms with Crippen molar-refractivity contribution in [3.63, 3.8) is 0 Å². The van der Waals surface area contributed by atoms with Crippen molar-refractivity contribution in [1.29, 1.82) is 0 Å². The molecule has 1 rings (SSSR count). The molecule has 1 aromatic rings.